The maximum absolute atomic E-state index is 12.4. The topological polar surface area (TPSA) is 98.3 Å². The van der Waals surface area contributed by atoms with Gasteiger partial charge in [0.05, 0.1) is 19.9 Å². The zero-order chi connectivity index (χ0) is 25.0. The van der Waals surface area contributed by atoms with Gasteiger partial charge in [-0.05, 0) is 73.5 Å². The van der Waals surface area contributed by atoms with Gasteiger partial charge in [-0.2, -0.15) is 5.10 Å². The maximum atomic E-state index is 12.4. The standard InChI is InChI=1S/C27H29N3O5/c1-4-15-34-24-14-9-21(16-25(24)33-3)27(32)30-28-17-20-7-12-23(13-8-20)35-18-26(31)29-22-10-5-19(2)6-11-22/h5-14,16-17H,4,15,18H2,1-3H3,(H,29,31)(H,30,32)/b28-17+. The third kappa shape index (κ3) is 7.89. The summed E-state index contributed by atoms with van der Waals surface area (Å²) < 4.78 is 16.4. The van der Waals surface area contributed by atoms with Crippen LogP contribution in [-0.2, 0) is 4.79 Å². The van der Waals surface area contributed by atoms with Crippen molar-refractivity contribution in [3.05, 3.63) is 83.4 Å². The molecule has 0 aromatic heterocycles. The summed E-state index contributed by atoms with van der Waals surface area (Å²) in [7, 11) is 1.53. The van der Waals surface area contributed by atoms with Crippen molar-refractivity contribution < 1.29 is 23.8 Å². The summed E-state index contributed by atoms with van der Waals surface area (Å²) in [6, 6.07) is 19.5. The Hall–Kier alpha value is -4.33. The van der Waals surface area contributed by atoms with Crippen LogP contribution < -0.4 is 25.0 Å². The molecule has 3 rings (SSSR count). The molecule has 0 unspecified atom stereocenters. The Morgan fingerprint density at radius 2 is 1.69 bits per heavy atom. The molecule has 0 atom stereocenters. The molecule has 2 amide bonds. The van der Waals surface area contributed by atoms with E-state index in [2.05, 4.69) is 15.8 Å². The average Bonchev–Trinajstić information content (AvgIpc) is 2.88. The Morgan fingerprint density at radius 1 is 0.943 bits per heavy atom. The van der Waals surface area contributed by atoms with Crippen molar-refractivity contribution in [2.45, 2.75) is 20.3 Å². The van der Waals surface area contributed by atoms with Crippen molar-refractivity contribution in [2.75, 3.05) is 25.6 Å². The highest BCUT2D eigenvalue weighted by Gasteiger charge is 2.11. The van der Waals surface area contributed by atoms with Gasteiger partial charge in [-0.15, -0.1) is 0 Å². The molecular weight excluding hydrogens is 446 g/mol. The Morgan fingerprint density at radius 3 is 2.37 bits per heavy atom. The van der Waals surface area contributed by atoms with Gasteiger partial charge >= 0.3 is 0 Å². The lowest BCUT2D eigenvalue weighted by Crippen LogP contribution is -2.20. The van der Waals surface area contributed by atoms with E-state index in [4.69, 9.17) is 14.2 Å². The molecule has 3 aromatic rings. The highest BCUT2D eigenvalue weighted by Crippen LogP contribution is 2.28. The molecule has 8 nitrogen and oxygen atoms in total. The molecule has 182 valence electrons. The van der Waals surface area contributed by atoms with Crippen LogP contribution in [0.15, 0.2) is 71.8 Å². The summed E-state index contributed by atoms with van der Waals surface area (Å²) in [5.74, 6) is 0.996. The number of hydrogen-bond acceptors (Lipinski definition) is 6. The number of methoxy groups -OCH3 is 1. The number of hydrazone groups is 1. The number of carbonyl (C=O) groups excluding carboxylic acids is 2. The second-order valence-corrected chi connectivity index (χ2v) is 7.69. The molecule has 8 heteroatoms. The van der Waals surface area contributed by atoms with E-state index in [1.807, 2.05) is 38.1 Å². The van der Waals surface area contributed by atoms with Crippen LogP contribution in [-0.4, -0.2) is 38.4 Å². The quantitative estimate of drug-likeness (QED) is 0.313. The summed E-state index contributed by atoms with van der Waals surface area (Å²) in [5, 5.41) is 6.78. The molecule has 0 fully saturated rings. The first-order valence-electron chi connectivity index (χ1n) is 11.2. The molecule has 0 bridgehead atoms. The zero-order valence-electron chi connectivity index (χ0n) is 20.0. The molecule has 3 aromatic carbocycles. The number of aryl methyl sites for hydroxylation is 1. The first-order valence-corrected chi connectivity index (χ1v) is 11.2. The largest absolute Gasteiger partial charge is 0.493 e. The number of hydrogen-bond donors (Lipinski definition) is 2. The van der Waals surface area contributed by atoms with Crippen LogP contribution in [0.3, 0.4) is 0 Å². The monoisotopic (exact) mass is 475 g/mol. The summed E-state index contributed by atoms with van der Waals surface area (Å²) >= 11 is 0. The summed E-state index contributed by atoms with van der Waals surface area (Å²) in [5.41, 5.74) is 5.48. The minimum Gasteiger partial charge on any atom is -0.493 e. The van der Waals surface area contributed by atoms with E-state index < -0.39 is 0 Å². The predicted octanol–water partition coefficient (Wildman–Crippen LogP) is 4.57. The van der Waals surface area contributed by atoms with Crippen LogP contribution in [0.1, 0.15) is 34.8 Å². The second-order valence-electron chi connectivity index (χ2n) is 7.69. The van der Waals surface area contributed by atoms with Gasteiger partial charge in [0.2, 0.25) is 0 Å². The number of amides is 2. The van der Waals surface area contributed by atoms with Gasteiger partial charge in [-0.1, -0.05) is 24.6 Å². The van der Waals surface area contributed by atoms with E-state index in [0.29, 0.717) is 29.4 Å². The normalized spacial score (nSPS) is 10.6. The van der Waals surface area contributed by atoms with Crippen LogP contribution in [0.4, 0.5) is 5.69 Å². The molecule has 0 aliphatic heterocycles. The first-order chi connectivity index (χ1) is 17.0. The molecule has 0 heterocycles. The van der Waals surface area contributed by atoms with Gasteiger partial charge in [0.25, 0.3) is 11.8 Å². The van der Waals surface area contributed by atoms with Crippen molar-refractivity contribution in [1.82, 2.24) is 5.43 Å². The van der Waals surface area contributed by atoms with Crippen molar-refractivity contribution >= 4 is 23.7 Å². The molecular formula is C27H29N3O5. The molecule has 2 N–H and O–H groups in total. The number of benzene rings is 3. The van der Waals surface area contributed by atoms with E-state index in [1.54, 1.807) is 42.5 Å². The lowest BCUT2D eigenvalue weighted by molar-refractivity contribution is -0.118. The molecule has 0 aliphatic rings. The van der Waals surface area contributed by atoms with Crippen molar-refractivity contribution in [3.63, 3.8) is 0 Å². The van der Waals surface area contributed by atoms with Crippen LogP contribution in [0.25, 0.3) is 0 Å². The number of nitrogens with one attached hydrogen (secondary N) is 2. The van der Waals surface area contributed by atoms with Crippen LogP contribution in [0.5, 0.6) is 17.2 Å². The number of anilines is 1. The molecule has 0 saturated heterocycles. The molecule has 0 saturated carbocycles. The Balaban J connectivity index is 1.48. The number of carbonyl (C=O) groups is 2. The number of nitrogens with zero attached hydrogens (tertiary/aromatic N) is 1. The van der Waals surface area contributed by atoms with E-state index in [9.17, 15) is 9.59 Å². The smallest absolute Gasteiger partial charge is 0.271 e. The molecule has 35 heavy (non-hydrogen) atoms. The van der Waals surface area contributed by atoms with E-state index in [-0.39, 0.29) is 18.4 Å². The Kier molecular flexibility index (Phi) is 9.24. The number of ether oxygens (including phenoxy) is 3. The minimum atomic E-state index is -0.374. The lowest BCUT2D eigenvalue weighted by Gasteiger charge is -2.11. The Labute approximate surface area is 204 Å². The van der Waals surface area contributed by atoms with Gasteiger partial charge in [0, 0.05) is 11.3 Å². The van der Waals surface area contributed by atoms with Crippen LogP contribution >= 0.6 is 0 Å². The van der Waals surface area contributed by atoms with Gasteiger partial charge in [-0.25, -0.2) is 5.43 Å². The van der Waals surface area contributed by atoms with E-state index in [0.717, 1.165) is 23.2 Å². The van der Waals surface area contributed by atoms with Gasteiger partial charge in [-0.3, -0.25) is 9.59 Å². The van der Waals surface area contributed by atoms with Crippen LogP contribution in [0.2, 0.25) is 0 Å². The summed E-state index contributed by atoms with van der Waals surface area (Å²) in [4.78, 5) is 24.5. The fourth-order valence-corrected chi connectivity index (χ4v) is 3.00. The summed E-state index contributed by atoms with van der Waals surface area (Å²) in [6.45, 7) is 4.45. The maximum Gasteiger partial charge on any atom is 0.271 e. The van der Waals surface area contributed by atoms with Crippen LogP contribution in [0, 0.1) is 6.92 Å². The number of rotatable bonds is 11. The Bertz CT molecular complexity index is 1160. The lowest BCUT2D eigenvalue weighted by atomic mass is 10.2. The van der Waals surface area contributed by atoms with Crippen molar-refractivity contribution in [1.29, 1.82) is 0 Å². The third-order valence-electron chi connectivity index (χ3n) is 4.85. The average molecular weight is 476 g/mol. The highest BCUT2D eigenvalue weighted by atomic mass is 16.5. The second kappa shape index (κ2) is 12.8. The van der Waals surface area contributed by atoms with Gasteiger partial charge < -0.3 is 19.5 Å². The fourth-order valence-electron chi connectivity index (χ4n) is 3.00. The highest BCUT2D eigenvalue weighted by molar-refractivity contribution is 5.95. The SMILES string of the molecule is CCCOc1ccc(C(=O)N/N=C/c2ccc(OCC(=O)Nc3ccc(C)cc3)cc2)cc1OC. The zero-order valence-corrected chi connectivity index (χ0v) is 20.0. The minimum absolute atomic E-state index is 0.108. The summed E-state index contributed by atoms with van der Waals surface area (Å²) in [6.07, 6.45) is 2.39. The van der Waals surface area contributed by atoms with E-state index >= 15 is 0 Å². The van der Waals surface area contributed by atoms with E-state index in [1.165, 1.54) is 13.3 Å². The predicted molar refractivity (Wildman–Crippen MR) is 136 cm³/mol. The van der Waals surface area contributed by atoms with Gasteiger partial charge in [0.15, 0.2) is 18.1 Å². The van der Waals surface area contributed by atoms with Crippen molar-refractivity contribution in [3.8, 4) is 17.2 Å². The fraction of sp³-hybridized carbons (Fsp3) is 0.222. The molecule has 0 spiro atoms. The van der Waals surface area contributed by atoms with Crippen molar-refractivity contribution in [2.24, 2.45) is 5.10 Å². The first kappa shape index (κ1) is 25.3. The molecule has 0 radical (unpaired) electrons. The third-order valence-corrected chi connectivity index (χ3v) is 4.85. The molecule has 0 aliphatic carbocycles. The van der Waals surface area contributed by atoms with Gasteiger partial charge in [0.1, 0.15) is 5.75 Å².